The summed E-state index contributed by atoms with van der Waals surface area (Å²) in [5, 5.41) is 0. The summed E-state index contributed by atoms with van der Waals surface area (Å²) >= 11 is 0. The van der Waals surface area contributed by atoms with E-state index in [1.165, 1.54) is 83.5 Å². The van der Waals surface area contributed by atoms with Crippen LogP contribution in [0, 0.1) is 0 Å². The van der Waals surface area contributed by atoms with E-state index >= 15 is 0 Å². The second-order valence-corrected chi connectivity index (χ2v) is 12.7. The number of ether oxygens (including phenoxy) is 9. The Morgan fingerprint density at radius 3 is 1.08 bits per heavy atom. The summed E-state index contributed by atoms with van der Waals surface area (Å²) in [4.78, 5) is 11.9. The largest absolute Gasteiger partial charge is 0.463 e. The molecule has 1 aromatic carbocycles. The molecule has 10 heteroatoms. The average Bonchev–Trinajstić information content (AvgIpc) is 3.15. The zero-order chi connectivity index (χ0) is 36.4. The molecule has 0 heterocycles. The molecule has 0 saturated carbocycles. The number of hydrogen-bond donors (Lipinski definition) is 0. The molecule has 1 rings (SSSR count). The molecule has 0 fully saturated rings. The topological polar surface area (TPSA) is 100 Å². The molecular weight excluding hydrogens is 652 g/mol. The predicted molar refractivity (Wildman–Crippen MR) is 202 cm³/mol. The fourth-order valence-corrected chi connectivity index (χ4v) is 5.23. The number of benzene rings is 1. The zero-order valence-corrected chi connectivity index (χ0v) is 32.3. The van der Waals surface area contributed by atoms with E-state index in [9.17, 15) is 4.79 Å². The van der Waals surface area contributed by atoms with Crippen molar-refractivity contribution >= 4 is 5.97 Å². The lowest BCUT2D eigenvalue weighted by atomic mass is 10.0. The molecule has 51 heavy (non-hydrogen) atoms. The lowest BCUT2D eigenvalue weighted by Gasteiger charge is -2.09. The first-order chi connectivity index (χ1) is 25.3. The molecule has 0 aliphatic rings. The van der Waals surface area contributed by atoms with Gasteiger partial charge >= 0.3 is 5.97 Å². The van der Waals surface area contributed by atoms with Crippen LogP contribution >= 0.6 is 0 Å². The van der Waals surface area contributed by atoms with Crippen LogP contribution in [0.25, 0.3) is 0 Å². The van der Waals surface area contributed by atoms with Crippen LogP contribution in [-0.2, 0) is 54.0 Å². The monoisotopic (exact) mass is 727 g/mol. The third-order valence-electron chi connectivity index (χ3n) is 8.19. The fourth-order valence-electron chi connectivity index (χ4n) is 5.23. The molecule has 1 aromatic rings. The normalized spacial score (nSPS) is 11.4. The van der Waals surface area contributed by atoms with E-state index in [1.54, 1.807) is 0 Å². The molecule has 0 unspecified atom stereocenters. The summed E-state index contributed by atoms with van der Waals surface area (Å²) in [5.41, 5.74) is 1.16. The predicted octanol–water partition coefficient (Wildman–Crippen LogP) is 8.12. The quantitative estimate of drug-likeness (QED) is 0.0485. The van der Waals surface area contributed by atoms with Gasteiger partial charge in [0, 0.05) is 6.42 Å². The average molecular weight is 727 g/mol. The highest BCUT2D eigenvalue weighted by atomic mass is 16.6. The SMILES string of the molecule is CCCCCCCCCCCCCCCCCC(=O)OCCOCCOCCOCCOCCOCCOCCOCCOCc1ccccc1. The lowest BCUT2D eigenvalue weighted by molar-refractivity contribution is -0.145. The molecule has 0 aliphatic heterocycles. The van der Waals surface area contributed by atoms with Crippen molar-refractivity contribution in [3.05, 3.63) is 35.9 Å². The summed E-state index contributed by atoms with van der Waals surface area (Å²) in [7, 11) is 0. The van der Waals surface area contributed by atoms with E-state index in [1.807, 2.05) is 30.3 Å². The van der Waals surface area contributed by atoms with Crippen LogP contribution in [0.5, 0.6) is 0 Å². The second kappa shape index (κ2) is 41.1. The highest BCUT2D eigenvalue weighted by molar-refractivity contribution is 5.69. The number of hydrogen-bond acceptors (Lipinski definition) is 10. The molecule has 0 aromatic heterocycles. The van der Waals surface area contributed by atoms with Gasteiger partial charge in [0.05, 0.1) is 106 Å². The first kappa shape index (κ1) is 47.4. The molecular formula is C41H74O10. The summed E-state index contributed by atoms with van der Waals surface area (Å²) in [5.74, 6) is -0.127. The second-order valence-electron chi connectivity index (χ2n) is 12.7. The van der Waals surface area contributed by atoms with Crippen LogP contribution in [0.2, 0.25) is 0 Å². The Hall–Kier alpha value is -1.63. The maximum absolute atomic E-state index is 11.9. The number of carbonyl (C=O) groups excluding carboxylic acids is 1. The number of esters is 1. The zero-order valence-electron chi connectivity index (χ0n) is 32.3. The van der Waals surface area contributed by atoms with Crippen LogP contribution in [0.1, 0.15) is 115 Å². The van der Waals surface area contributed by atoms with Crippen molar-refractivity contribution in [2.45, 2.75) is 116 Å². The number of carbonyl (C=O) groups is 1. The smallest absolute Gasteiger partial charge is 0.305 e. The number of rotatable bonds is 42. The lowest BCUT2D eigenvalue weighted by Crippen LogP contribution is -2.15. The van der Waals surface area contributed by atoms with E-state index in [4.69, 9.17) is 42.6 Å². The van der Waals surface area contributed by atoms with Gasteiger partial charge in [-0.1, -0.05) is 127 Å². The summed E-state index contributed by atoms with van der Waals surface area (Å²) < 4.78 is 49.3. The summed E-state index contributed by atoms with van der Waals surface area (Å²) in [6.07, 6.45) is 20.3. The third kappa shape index (κ3) is 37.9. The van der Waals surface area contributed by atoms with Gasteiger partial charge in [-0.3, -0.25) is 4.79 Å². The first-order valence-corrected chi connectivity index (χ1v) is 20.1. The molecule has 0 atom stereocenters. The van der Waals surface area contributed by atoms with Crippen LogP contribution in [0.15, 0.2) is 30.3 Å². The Morgan fingerprint density at radius 1 is 0.392 bits per heavy atom. The van der Waals surface area contributed by atoms with E-state index < -0.39 is 0 Å². The van der Waals surface area contributed by atoms with Gasteiger partial charge in [-0.05, 0) is 12.0 Å². The standard InChI is InChI=1S/C41H74O10/c1-2-3-4-5-6-7-8-9-10-11-12-13-14-15-19-22-41(42)51-38-37-49-34-33-47-30-29-45-26-25-43-23-24-44-27-28-46-31-32-48-35-36-50-39-40-20-17-16-18-21-40/h16-18,20-21H,2-15,19,22-39H2,1H3. The molecule has 0 saturated heterocycles. The van der Waals surface area contributed by atoms with Gasteiger partial charge in [0.15, 0.2) is 0 Å². The minimum Gasteiger partial charge on any atom is -0.463 e. The van der Waals surface area contributed by atoms with E-state index in [0.29, 0.717) is 119 Å². The maximum atomic E-state index is 11.9. The maximum Gasteiger partial charge on any atom is 0.305 e. The Bertz CT molecular complexity index is 813. The molecule has 0 amide bonds. The molecule has 0 spiro atoms. The molecule has 0 radical (unpaired) electrons. The van der Waals surface area contributed by atoms with Crippen molar-refractivity contribution in [2.24, 2.45) is 0 Å². The van der Waals surface area contributed by atoms with Crippen molar-refractivity contribution in [1.29, 1.82) is 0 Å². The van der Waals surface area contributed by atoms with Gasteiger partial charge < -0.3 is 42.6 Å². The molecule has 0 N–H and O–H groups in total. The Labute approximate surface area is 310 Å². The van der Waals surface area contributed by atoms with E-state index in [-0.39, 0.29) is 5.97 Å². The van der Waals surface area contributed by atoms with Gasteiger partial charge in [0.2, 0.25) is 0 Å². The Morgan fingerprint density at radius 2 is 0.706 bits per heavy atom. The summed E-state index contributed by atoms with van der Waals surface area (Å²) in [6, 6.07) is 10.1. The Balaban J connectivity index is 1.64. The van der Waals surface area contributed by atoms with Gasteiger partial charge in [-0.2, -0.15) is 0 Å². The van der Waals surface area contributed by atoms with Crippen molar-refractivity contribution in [1.82, 2.24) is 0 Å². The van der Waals surface area contributed by atoms with Crippen LogP contribution in [0.3, 0.4) is 0 Å². The fraction of sp³-hybridized carbons (Fsp3) is 0.829. The van der Waals surface area contributed by atoms with Crippen molar-refractivity contribution in [3.63, 3.8) is 0 Å². The minimum atomic E-state index is -0.127. The highest BCUT2D eigenvalue weighted by Crippen LogP contribution is 2.14. The highest BCUT2D eigenvalue weighted by Gasteiger charge is 2.03. The van der Waals surface area contributed by atoms with E-state index in [2.05, 4.69) is 6.92 Å². The first-order valence-electron chi connectivity index (χ1n) is 20.1. The van der Waals surface area contributed by atoms with E-state index in [0.717, 1.165) is 18.4 Å². The van der Waals surface area contributed by atoms with Crippen molar-refractivity contribution in [2.75, 3.05) is 106 Å². The minimum absolute atomic E-state index is 0.127. The van der Waals surface area contributed by atoms with Crippen LogP contribution in [-0.4, -0.2) is 112 Å². The van der Waals surface area contributed by atoms with Gasteiger partial charge in [0.25, 0.3) is 0 Å². The molecule has 298 valence electrons. The summed E-state index contributed by atoms with van der Waals surface area (Å²) in [6.45, 7) is 10.8. The molecule has 0 bridgehead atoms. The van der Waals surface area contributed by atoms with Gasteiger partial charge in [0.1, 0.15) is 6.61 Å². The third-order valence-corrected chi connectivity index (χ3v) is 8.19. The molecule has 0 aliphatic carbocycles. The Kier molecular flexibility index (Phi) is 38.2. The van der Waals surface area contributed by atoms with Crippen LogP contribution in [0.4, 0.5) is 0 Å². The van der Waals surface area contributed by atoms with Gasteiger partial charge in [-0.25, -0.2) is 0 Å². The van der Waals surface area contributed by atoms with Crippen LogP contribution < -0.4 is 0 Å². The molecule has 10 nitrogen and oxygen atoms in total. The van der Waals surface area contributed by atoms with Crippen molar-refractivity contribution < 1.29 is 47.4 Å². The van der Waals surface area contributed by atoms with Gasteiger partial charge in [-0.15, -0.1) is 0 Å². The number of unbranched alkanes of at least 4 members (excludes halogenated alkanes) is 14. The van der Waals surface area contributed by atoms with Crippen molar-refractivity contribution in [3.8, 4) is 0 Å².